The number of nitrogens with zero attached hydrogens (tertiary/aromatic N) is 2. The van der Waals surface area contributed by atoms with Gasteiger partial charge >= 0.3 is 0 Å². The molecular weight excluding hydrogens is 508 g/mol. The average molecular weight is 541 g/mol. The van der Waals surface area contributed by atoms with Crippen molar-refractivity contribution in [2.24, 2.45) is 16.6 Å². The number of amidine groups is 1. The van der Waals surface area contributed by atoms with Gasteiger partial charge in [-0.2, -0.15) is 0 Å². The van der Waals surface area contributed by atoms with E-state index in [1.807, 2.05) is 67.6 Å². The number of oxime groups is 1. The molecule has 206 valence electrons. The molecule has 0 bridgehead atoms. The van der Waals surface area contributed by atoms with E-state index in [1.54, 1.807) is 29.2 Å². The maximum absolute atomic E-state index is 13.0. The van der Waals surface area contributed by atoms with Gasteiger partial charge in [0.05, 0.1) is 12.2 Å². The molecule has 4 aromatic rings. The highest BCUT2D eigenvalue weighted by Crippen LogP contribution is 2.37. The van der Waals surface area contributed by atoms with Gasteiger partial charge in [-0.05, 0) is 47.9 Å². The summed E-state index contributed by atoms with van der Waals surface area (Å²) in [5.74, 6) is -0.0392. The highest BCUT2D eigenvalue weighted by Gasteiger charge is 2.28. The number of ether oxygens (including phenoxy) is 2. The van der Waals surface area contributed by atoms with E-state index in [0.29, 0.717) is 42.5 Å². The molecule has 0 aliphatic heterocycles. The predicted molar refractivity (Wildman–Crippen MR) is 154 cm³/mol. The molecular formula is C31H32N4O5. The molecule has 9 nitrogen and oxygen atoms in total. The number of hydrogen-bond acceptors (Lipinski definition) is 7. The largest absolute Gasteiger partial charge is 0.507 e. The molecule has 0 saturated heterocycles. The van der Waals surface area contributed by atoms with E-state index >= 15 is 0 Å². The van der Waals surface area contributed by atoms with Crippen molar-refractivity contribution in [2.45, 2.75) is 26.1 Å². The zero-order valence-electron chi connectivity index (χ0n) is 22.1. The van der Waals surface area contributed by atoms with Gasteiger partial charge in [0, 0.05) is 18.3 Å². The Balaban J connectivity index is 1.75. The fourth-order valence-electron chi connectivity index (χ4n) is 4.40. The maximum atomic E-state index is 13.0. The van der Waals surface area contributed by atoms with Crippen molar-refractivity contribution in [2.75, 3.05) is 11.5 Å². The minimum atomic E-state index is -0.934. The van der Waals surface area contributed by atoms with Gasteiger partial charge < -0.3 is 36.2 Å². The topological polar surface area (TPSA) is 144 Å². The molecule has 1 amide bonds. The molecule has 1 atom stereocenters. The second-order valence-corrected chi connectivity index (χ2v) is 9.02. The molecule has 1 unspecified atom stereocenters. The van der Waals surface area contributed by atoms with Gasteiger partial charge in [0.1, 0.15) is 18.4 Å². The first-order valence-electron chi connectivity index (χ1n) is 12.8. The van der Waals surface area contributed by atoms with E-state index in [4.69, 9.17) is 26.1 Å². The lowest BCUT2D eigenvalue weighted by atomic mass is 10.0. The van der Waals surface area contributed by atoms with Gasteiger partial charge in [0.2, 0.25) is 5.91 Å². The van der Waals surface area contributed by atoms with Crippen LogP contribution in [0.4, 0.5) is 5.69 Å². The Kier molecular flexibility index (Phi) is 9.09. The summed E-state index contributed by atoms with van der Waals surface area (Å²) in [6.07, 6.45) is 0. The van der Waals surface area contributed by atoms with E-state index < -0.39 is 11.9 Å². The molecule has 0 fully saturated rings. The third-order valence-electron chi connectivity index (χ3n) is 6.29. The number of anilines is 1. The quantitative estimate of drug-likeness (QED) is 0.0883. The number of carbonyl (C=O) groups is 1. The molecule has 0 saturated carbocycles. The molecule has 9 heteroatoms. The van der Waals surface area contributed by atoms with Crippen LogP contribution in [0.3, 0.4) is 0 Å². The number of hydrogen-bond donors (Lipinski definition) is 4. The molecule has 0 aromatic heterocycles. The van der Waals surface area contributed by atoms with Gasteiger partial charge in [-0.3, -0.25) is 4.79 Å². The van der Waals surface area contributed by atoms with Crippen LogP contribution in [0.15, 0.2) is 102 Å². The van der Waals surface area contributed by atoms with Crippen molar-refractivity contribution >= 4 is 17.4 Å². The van der Waals surface area contributed by atoms with Crippen LogP contribution in [0.25, 0.3) is 0 Å². The fourth-order valence-corrected chi connectivity index (χ4v) is 4.40. The van der Waals surface area contributed by atoms with E-state index in [0.717, 1.165) is 11.1 Å². The average Bonchev–Trinajstić information content (AvgIpc) is 2.97. The smallest absolute Gasteiger partial charge is 0.244 e. The first-order valence-corrected chi connectivity index (χ1v) is 12.8. The Bertz CT molecular complexity index is 1460. The minimum absolute atomic E-state index is 0.153. The summed E-state index contributed by atoms with van der Waals surface area (Å²) in [7, 11) is 0. The fraction of sp³-hybridized carbons (Fsp3) is 0.161. The van der Waals surface area contributed by atoms with Crippen LogP contribution in [0, 0.1) is 0 Å². The van der Waals surface area contributed by atoms with Crippen LogP contribution in [-0.2, 0) is 17.9 Å². The minimum Gasteiger partial charge on any atom is -0.507 e. The van der Waals surface area contributed by atoms with Crippen LogP contribution in [0.5, 0.6) is 17.2 Å². The molecule has 0 radical (unpaired) electrons. The Morgan fingerprint density at radius 1 is 0.875 bits per heavy atom. The second kappa shape index (κ2) is 13.1. The zero-order chi connectivity index (χ0) is 28.5. The summed E-state index contributed by atoms with van der Waals surface area (Å²) in [4.78, 5) is 14.8. The number of primary amides is 1. The Morgan fingerprint density at radius 2 is 1.55 bits per heavy atom. The second-order valence-electron chi connectivity index (χ2n) is 9.02. The van der Waals surface area contributed by atoms with Crippen LogP contribution in [0.2, 0.25) is 0 Å². The normalized spacial score (nSPS) is 12.0. The molecule has 0 spiro atoms. The third kappa shape index (κ3) is 6.63. The molecule has 4 rings (SSSR count). The van der Waals surface area contributed by atoms with Crippen molar-refractivity contribution in [3.63, 3.8) is 0 Å². The Hall–Kier alpha value is -5.18. The molecule has 0 heterocycles. The maximum Gasteiger partial charge on any atom is 0.244 e. The Labute approximate surface area is 232 Å². The number of rotatable bonds is 12. The zero-order valence-corrected chi connectivity index (χ0v) is 22.1. The number of nitrogens with two attached hydrogens (primary N) is 2. The monoisotopic (exact) mass is 540 g/mol. The third-order valence-corrected chi connectivity index (χ3v) is 6.29. The van der Waals surface area contributed by atoms with E-state index in [-0.39, 0.29) is 17.1 Å². The highest BCUT2D eigenvalue weighted by atomic mass is 16.5. The van der Waals surface area contributed by atoms with Gasteiger partial charge in [0.15, 0.2) is 17.3 Å². The highest BCUT2D eigenvalue weighted by molar-refractivity contribution is 6.00. The summed E-state index contributed by atoms with van der Waals surface area (Å²) < 4.78 is 11.9. The van der Waals surface area contributed by atoms with Crippen LogP contribution in [-0.4, -0.2) is 28.7 Å². The van der Waals surface area contributed by atoms with E-state index in [9.17, 15) is 9.90 Å². The number of phenols is 1. The van der Waals surface area contributed by atoms with Gasteiger partial charge in [0.25, 0.3) is 0 Å². The number of benzene rings is 4. The molecule has 40 heavy (non-hydrogen) atoms. The lowest BCUT2D eigenvalue weighted by Crippen LogP contribution is -2.37. The van der Waals surface area contributed by atoms with Crippen molar-refractivity contribution < 1.29 is 24.6 Å². The lowest BCUT2D eigenvalue weighted by Gasteiger charge is -2.33. The van der Waals surface area contributed by atoms with Crippen LogP contribution in [0.1, 0.15) is 35.2 Å². The van der Waals surface area contributed by atoms with E-state index in [1.165, 1.54) is 12.1 Å². The molecule has 4 aromatic carbocycles. The number of phenolic OH excluding ortho intramolecular Hbond substituents is 1. The summed E-state index contributed by atoms with van der Waals surface area (Å²) in [6.45, 7) is 2.91. The molecule has 0 aliphatic carbocycles. The van der Waals surface area contributed by atoms with Crippen LogP contribution >= 0.6 is 0 Å². The SMILES string of the molecule is CCOc1cc(C(C(N)=O)N(Cc2ccccc2)c2ccc(/C(N)=N/O)c(O)c2)ccc1OCc1ccccc1. The number of carbonyl (C=O) groups excluding carboxylic acids is 1. The van der Waals surface area contributed by atoms with E-state index in [2.05, 4.69) is 5.16 Å². The van der Waals surface area contributed by atoms with Gasteiger partial charge in [-0.25, -0.2) is 0 Å². The Morgan fingerprint density at radius 3 is 2.15 bits per heavy atom. The summed E-state index contributed by atoms with van der Waals surface area (Å²) >= 11 is 0. The summed E-state index contributed by atoms with van der Waals surface area (Å²) in [5, 5.41) is 22.7. The first-order chi connectivity index (χ1) is 19.4. The molecule has 0 aliphatic rings. The predicted octanol–water partition coefficient (Wildman–Crippen LogP) is 4.70. The van der Waals surface area contributed by atoms with Gasteiger partial charge in [-0.1, -0.05) is 71.9 Å². The standard InChI is InChI=1S/C31H32N4O5/c1-2-39-28-17-23(13-16-27(28)40-20-22-11-7-4-8-12-22)29(31(33)37)35(19-21-9-5-3-6-10-21)24-14-15-25(26(36)18-24)30(32)34-38/h3-18,29,36,38H,2,19-20H2,1H3,(H2,32,34)(H2,33,37). The van der Waals surface area contributed by atoms with Crippen LogP contribution < -0.4 is 25.8 Å². The van der Waals surface area contributed by atoms with Crippen molar-refractivity contribution in [1.82, 2.24) is 0 Å². The first kappa shape index (κ1) is 27.8. The van der Waals surface area contributed by atoms with Crippen molar-refractivity contribution in [3.05, 3.63) is 119 Å². The lowest BCUT2D eigenvalue weighted by molar-refractivity contribution is -0.119. The van der Waals surface area contributed by atoms with Crippen molar-refractivity contribution in [1.29, 1.82) is 0 Å². The number of amides is 1. The summed E-state index contributed by atoms with van der Waals surface area (Å²) in [5.41, 5.74) is 14.9. The molecule has 6 N–H and O–H groups in total. The number of aromatic hydroxyl groups is 1. The van der Waals surface area contributed by atoms with Crippen molar-refractivity contribution in [3.8, 4) is 17.2 Å². The summed E-state index contributed by atoms with van der Waals surface area (Å²) in [6, 6.07) is 28.3. The van der Waals surface area contributed by atoms with Gasteiger partial charge in [-0.15, -0.1) is 0 Å².